The Morgan fingerprint density at radius 2 is 2.27 bits per heavy atom. The predicted octanol–water partition coefficient (Wildman–Crippen LogP) is 0.688. The minimum Gasteiger partial charge on any atom is -0.314 e. The van der Waals surface area contributed by atoms with Gasteiger partial charge in [0.05, 0.1) is 0 Å². The monoisotopic (exact) mass is 154 g/mol. The van der Waals surface area contributed by atoms with Crippen LogP contribution in [0.4, 0.5) is 0 Å². The fourth-order valence-electron chi connectivity index (χ4n) is 2.50. The Kier molecular flexibility index (Phi) is 1.90. The molecule has 3 unspecified atom stereocenters. The molecule has 11 heavy (non-hydrogen) atoms. The fourth-order valence-corrected chi connectivity index (χ4v) is 2.50. The molecular weight excluding hydrogens is 136 g/mol. The van der Waals surface area contributed by atoms with E-state index < -0.39 is 0 Å². The summed E-state index contributed by atoms with van der Waals surface area (Å²) in [7, 11) is 2.27. The summed E-state index contributed by atoms with van der Waals surface area (Å²) in [6.45, 7) is 4.85. The molecule has 0 aromatic carbocycles. The molecule has 2 heterocycles. The molecule has 1 N–H and O–H groups in total. The fraction of sp³-hybridized carbons (Fsp3) is 1.00. The second-order valence-corrected chi connectivity index (χ2v) is 4.14. The number of nitrogens with zero attached hydrogens (tertiary/aromatic N) is 1. The van der Waals surface area contributed by atoms with E-state index >= 15 is 0 Å². The van der Waals surface area contributed by atoms with Crippen LogP contribution in [0.3, 0.4) is 0 Å². The van der Waals surface area contributed by atoms with Gasteiger partial charge in [0.1, 0.15) is 0 Å². The maximum absolute atomic E-state index is 3.55. The van der Waals surface area contributed by atoms with E-state index in [0.29, 0.717) is 0 Å². The van der Waals surface area contributed by atoms with Crippen LogP contribution in [-0.4, -0.2) is 37.1 Å². The maximum Gasteiger partial charge on any atom is 0.0148 e. The van der Waals surface area contributed by atoms with Gasteiger partial charge in [-0.25, -0.2) is 0 Å². The lowest BCUT2D eigenvalue weighted by Crippen LogP contribution is -2.46. The quantitative estimate of drug-likeness (QED) is 0.552. The highest BCUT2D eigenvalue weighted by molar-refractivity contribution is 4.92. The summed E-state index contributed by atoms with van der Waals surface area (Å²) in [6, 6.07) is 1.61. The minimum atomic E-state index is 0.733. The number of hydrogen-bond acceptors (Lipinski definition) is 2. The minimum absolute atomic E-state index is 0.733. The SMILES string of the molecule is CC1CC2C(CCN2C)CN1. The van der Waals surface area contributed by atoms with Gasteiger partial charge in [0, 0.05) is 12.1 Å². The van der Waals surface area contributed by atoms with Crippen LogP contribution in [-0.2, 0) is 0 Å². The van der Waals surface area contributed by atoms with Crippen LogP contribution in [0.25, 0.3) is 0 Å². The largest absolute Gasteiger partial charge is 0.314 e. The Labute approximate surface area is 69.0 Å². The van der Waals surface area contributed by atoms with Crippen molar-refractivity contribution in [3.05, 3.63) is 0 Å². The van der Waals surface area contributed by atoms with Crippen molar-refractivity contribution < 1.29 is 0 Å². The summed E-state index contributed by atoms with van der Waals surface area (Å²) in [5.74, 6) is 0.941. The topological polar surface area (TPSA) is 15.3 Å². The average molecular weight is 154 g/mol. The summed E-state index contributed by atoms with van der Waals surface area (Å²) < 4.78 is 0. The molecule has 2 saturated heterocycles. The molecule has 3 atom stereocenters. The summed E-state index contributed by atoms with van der Waals surface area (Å²) in [4.78, 5) is 2.53. The molecule has 0 aromatic rings. The van der Waals surface area contributed by atoms with Gasteiger partial charge >= 0.3 is 0 Å². The van der Waals surface area contributed by atoms with E-state index in [1.54, 1.807) is 0 Å². The number of piperidine rings is 1. The summed E-state index contributed by atoms with van der Waals surface area (Å²) in [6.07, 6.45) is 2.75. The average Bonchev–Trinajstić information content (AvgIpc) is 2.33. The van der Waals surface area contributed by atoms with Gasteiger partial charge in [0.15, 0.2) is 0 Å². The predicted molar refractivity (Wildman–Crippen MR) is 46.6 cm³/mol. The van der Waals surface area contributed by atoms with Crippen molar-refractivity contribution in [2.45, 2.75) is 31.8 Å². The molecule has 2 nitrogen and oxygen atoms in total. The highest BCUT2D eigenvalue weighted by Crippen LogP contribution is 2.28. The molecule has 0 aromatic heterocycles. The summed E-state index contributed by atoms with van der Waals surface area (Å²) in [5.41, 5.74) is 0. The van der Waals surface area contributed by atoms with Crippen LogP contribution >= 0.6 is 0 Å². The molecule has 0 saturated carbocycles. The van der Waals surface area contributed by atoms with Crippen LogP contribution in [0.2, 0.25) is 0 Å². The zero-order valence-corrected chi connectivity index (χ0v) is 7.51. The normalized spacial score (nSPS) is 45.8. The van der Waals surface area contributed by atoms with Crippen LogP contribution in [0.5, 0.6) is 0 Å². The molecule has 0 bridgehead atoms. The van der Waals surface area contributed by atoms with Crippen LogP contribution in [0.1, 0.15) is 19.8 Å². The first kappa shape index (κ1) is 7.56. The Morgan fingerprint density at radius 3 is 3.09 bits per heavy atom. The van der Waals surface area contributed by atoms with E-state index in [0.717, 1.165) is 18.0 Å². The van der Waals surface area contributed by atoms with Crippen molar-refractivity contribution in [1.82, 2.24) is 10.2 Å². The zero-order chi connectivity index (χ0) is 7.84. The third kappa shape index (κ3) is 1.30. The van der Waals surface area contributed by atoms with Crippen LogP contribution < -0.4 is 5.32 Å². The number of nitrogens with one attached hydrogen (secondary N) is 1. The number of likely N-dealkylation sites (tertiary alicyclic amines) is 1. The molecule has 2 heteroatoms. The number of fused-ring (bicyclic) bond motifs is 1. The second-order valence-electron chi connectivity index (χ2n) is 4.14. The van der Waals surface area contributed by atoms with Crippen molar-refractivity contribution >= 4 is 0 Å². The van der Waals surface area contributed by atoms with E-state index in [-0.39, 0.29) is 0 Å². The van der Waals surface area contributed by atoms with E-state index in [4.69, 9.17) is 0 Å². The van der Waals surface area contributed by atoms with Crippen LogP contribution in [0, 0.1) is 5.92 Å². The Morgan fingerprint density at radius 1 is 1.45 bits per heavy atom. The maximum atomic E-state index is 3.55. The lowest BCUT2D eigenvalue weighted by molar-refractivity contribution is 0.198. The first-order chi connectivity index (χ1) is 5.27. The molecule has 2 fully saturated rings. The third-order valence-corrected chi connectivity index (χ3v) is 3.29. The van der Waals surface area contributed by atoms with Crippen molar-refractivity contribution in [3.8, 4) is 0 Å². The Balaban J connectivity index is 2.01. The molecule has 2 rings (SSSR count). The van der Waals surface area contributed by atoms with Gasteiger partial charge < -0.3 is 10.2 Å². The molecule has 2 aliphatic rings. The Bertz CT molecular complexity index is 146. The molecule has 2 aliphatic heterocycles. The highest BCUT2D eigenvalue weighted by atomic mass is 15.2. The van der Waals surface area contributed by atoms with Gasteiger partial charge in [-0.3, -0.25) is 0 Å². The first-order valence-corrected chi connectivity index (χ1v) is 4.71. The molecule has 0 radical (unpaired) electrons. The van der Waals surface area contributed by atoms with Crippen molar-refractivity contribution in [3.63, 3.8) is 0 Å². The van der Waals surface area contributed by atoms with Crippen LogP contribution in [0.15, 0.2) is 0 Å². The lowest BCUT2D eigenvalue weighted by atomic mass is 9.91. The van der Waals surface area contributed by atoms with Gasteiger partial charge in [-0.2, -0.15) is 0 Å². The first-order valence-electron chi connectivity index (χ1n) is 4.71. The molecular formula is C9H18N2. The van der Waals surface area contributed by atoms with Crippen molar-refractivity contribution in [2.75, 3.05) is 20.1 Å². The molecule has 64 valence electrons. The second kappa shape index (κ2) is 2.76. The van der Waals surface area contributed by atoms with Gasteiger partial charge in [0.2, 0.25) is 0 Å². The number of rotatable bonds is 0. The highest BCUT2D eigenvalue weighted by Gasteiger charge is 2.35. The van der Waals surface area contributed by atoms with Gasteiger partial charge in [-0.05, 0) is 45.8 Å². The van der Waals surface area contributed by atoms with E-state index in [2.05, 4.69) is 24.2 Å². The van der Waals surface area contributed by atoms with Gasteiger partial charge in [0.25, 0.3) is 0 Å². The molecule has 0 amide bonds. The van der Waals surface area contributed by atoms with E-state index in [1.165, 1.54) is 25.9 Å². The molecule has 0 spiro atoms. The van der Waals surface area contributed by atoms with Gasteiger partial charge in [-0.15, -0.1) is 0 Å². The number of hydrogen-bond donors (Lipinski definition) is 1. The van der Waals surface area contributed by atoms with E-state index in [9.17, 15) is 0 Å². The summed E-state index contributed by atoms with van der Waals surface area (Å²) in [5, 5.41) is 3.55. The lowest BCUT2D eigenvalue weighted by Gasteiger charge is -2.33. The molecule has 0 aliphatic carbocycles. The third-order valence-electron chi connectivity index (χ3n) is 3.29. The van der Waals surface area contributed by atoms with Crippen molar-refractivity contribution in [1.29, 1.82) is 0 Å². The van der Waals surface area contributed by atoms with E-state index in [1.807, 2.05) is 0 Å². The standard InChI is InChI=1S/C9H18N2/c1-7-5-9-8(6-10-7)3-4-11(9)2/h7-10H,3-6H2,1-2H3. The van der Waals surface area contributed by atoms with Gasteiger partial charge in [-0.1, -0.05) is 0 Å². The van der Waals surface area contributed by atoms with Crippen molar-refractivity contribution in [2.24, 2.45) is 5.92 Å². The zero-order valence-electron chi connectivity index (χ0n) is 7.51. The Hall–Kier alpha value is -0.0800. The smallest absolute Gasteiger partial charge is 0.0148 e. The summed E-state index contributed by atoms with van der Waals surface area (Å²) >= 11 is 0.